The van der Waals surface area contributed by atoms with E-state index in [1.165, 1.54) is 0 Å². The van der Waals surface area contributed by atoms with Crippen molar-refractivity contribution in [1.82, 2.24) is 5.32 Å². The Morgan fingerprint density at radius 3 is 2.79 bits per heavy atom. The topological polar surface area (TPSA) is 129 Å². The predicted molar refractivity (Wildman–Crippen MR) is 125 cm³/mol. The molecule has 0 radical (unpaired) electrons. The number of ether oxygens (including phenoxy) is 2. The molecule has 9 heteroatoms. The van der Waals surface area contributed by atoms with Crippen LogP contribution >= 0.6 is 0 Å². The summed E-state index contributed by atoms with van der Waals surface area (Å²) in [7, 11) is 1.56. The number of carbonyl (C=O) groups excluding carboxylic acids is 1. The molecule has 0 aliphatic carbocycles. The highest BCUT2D eigenvalue weighted by Crippen LogP contribution is 2.43. The Bertz CT molecular complexity index is 1060. The summed E-state index contributed by atoms with van der Waals surface area (Å²) in [5, 5.41) is 15.3. The number of amides is 1. The fourth-order valence-electron chi connectivity index (χ4n) is 3.77. The van der Waals surface area contributed by atoms with Crippen molar-refractivity contribution in [3.05, 3.63) is 88.3 Å². The van der Waals surface area contributed by atoms with Crippen molar-refractivity contribution in [3.63, 3.8) is 0 Å². The summed E-state index contributed by atoms with van der Waals surface area (Å²) in [4.78, 5) is 20.8. The van der Waals surface area contributed by atoms with Crippen LogP contribution in [0.15, 0.2) is 71.3 Å². The molecule has 2 aromatic rings. The maximum atomic E-state index is 13.1. The summed E-state index contributed by atoms with van der Waals surface area (Å²) in [6.45, 7) is 4.43. The number of benzene rings is 2. The minimum Gasteiger partial charge on any atom is -0.494 e. The lowest BCUT2D eigenvalue weighted by atomic mass is 9.83. The number of aliphatic imine (C=N–C) groups is 1. The molecular weight excluding hydrogens is 422 g/mol. The van der Waals surface area contributed by atoms with Gasteiger partial charge in [-0.3, -0.25) is 4.79 Å². The van der Waals surface area contributed by atoms with Gasteiger partial charge in [0.25, 0.3) is 5.91 Å². The number of aliphatic hydroxyl groups excluding tert-OH is 1. The first-order valence-corrected chi connectivity index (χ1v) is 10.6. The first kappa shape index (κ1) is 23.8. The zero-order valence-electron chi connectivity index (χ0n) is 18.5. The highest BCUT2D eigenvalue weighted by molar-refractivity contribution is 6.01. The van der Waals surface area contributed by atoms with E-state index >= 15 is 0 Å². The average molecular weight is 450 g/mol. The number of hydrogen-bond acceptors (Lipinski definition) is 6. The maximum Gasteiger partial charge on any atom is 0.252 e. The molecule has 1 aliphatic heterocycles. The lowest BCUT2D eigenvalue weighted by molar-refractivity contribution is -0.128. The molecule has 1 amide bonds. The van der Waals surface area contributed by atoms with Crippen LogP contribution in [-0.2, 0) is 16.1 Å². The number of azide groups is 1. The van der Waals surface area contributed by atoms with Gasteiger partial charge in [0, 0.05) is 37.0 Å². The van der Waals surface area contributed by atoms with Crippen LogP contribution in [0.1, 0.15) is 35.6 Å². The molecule has 0 saturated heterocycles. The summed E-state index contributed by atoms with van der Waals surface area (Å²) in [5.41, 5.74) is 9.68. The maximum absolute atomic E-state index is 13.1. The second kappa shape index (κ2) is 11.2. The third-order valence-electron chi connectivity index (χ3n) is 5.35. The molecule has 0 unspecified atom stereocenters. The second-order valence-electron chi connectivity index (χ2n) is 7.45. The van der Waals surface area contributed by atoms with Crippen molar-refractivity contribution >= 4 is 11.8 Å². The molecule has 0 aromatic heterocycles. The Hall–Kier alpha value is -3.81. The smallest absolute Gasteiger partial charge is 0.252 e. The van der Waals surface area contributed by atoms with E-state index in [9.17, 15) is 4.79 Å². The van der Waals surface area contributed by atoms with Gasteiger partial charge in [-0.05, 0) is 40.9 Å². The third-order valence-corrected chi connectivity index (χ3v) is 5.35. The van der Waals surface area contributed by atoms with Crippen LogP contribution in [0.3, 0.4) is 0 Å². The first-order valence-electron chi connectivity index (χ1n) is 10.6. The van der Waals surface area contributed by atoms with Crippen LogP contribution in [-0.4, -0.2) is 42.7 Å². The molecule has 33 heavy (non-hydrogen) atoms. The summed E-state index contributed by atoms with van der Waals surface area (Å²) >= 11 is 0. The van der Waals surface area contributed by atoms with Crippen LogP contribution in [0.25, 0.3) is 10.4 Å². The van der Waals surface area contributed by atoms with E-state index in [-0.39, 0.29) is 25.5 Å². The molecule has 2 N–H and O–H groups in total. The van der Waals surface area contributed by atoms with Gasteiger partial charge in [-0.15, -0.1) is 6.58 Å². The molecule has 1 aliphatic rings. The van der Waals surface area contributed by atoms with Crippen LogP contribution < -0.4 is 10.1 Å². The largest absolute Gasteiger partial charge is 0.494 e. The normalized spacial score (nSPS) is 19.1. The zero-order chi connectivity index (χ0) is 23.7. The Morgan fingerprint density at radius 2 is 2.12 bits per heavy atom. The number of nitrogens with one attached hydrogen (secondary N) is 1. The molecule has 172 valence electrons. The monoisotopic (exact) mass is 449 g/mol. The van der Waals surface area contributed by atoms with Gasteiger partial charge in [0.05, 0.1) is 13.2 Å². The minimum atomic E-state index is -1.27. The SMILES string of the molecule is C=CC[C@@]1(C(=O)NC)N=C(c2ccc(OCCCO)cc2)O[C@@H]1c1ccccc1CN=[N+]=[N-]. The number of likely N-dealkylation sites (N-methyl/N-ethyl adjacent to an activating group) is 1. The molecule has 0 bridgehead atoms. The Kier molecular flexibility index (Phi) is 8.07. The summed E-state index contributed by atoms with van der Waals surface area (Å²) < 4.78 is 11.9. The number of hydrogen-bond donors (Lipinski definition) is 2. The summed E-state index contributed by atoms with van der Waals surface area (Å²) in [6.07, 6.45) is 1.70. The molecule has 2 aromatic carbocycles. The quantitative estimate of drug-likeness (QED) is 0.177. The van der Waals surface area contributed by atoms with Crippen LogP contribution in [0.4, 0.5) is 0 Å². The molecular formula is C24H27N5O4. The molecule has 0 fully saturated rings. The van der Waals surface area contributed by atoms with Crippen molar-refractivity contribution in [2.24, 2.45) is 10.1 Å². The molecule has 3 rings (SSSR count). The average Bonchev–Trinajstić information content (AvgIpc) is 3.23. The predicted octanol–water partition coefficient (Wildman–Crippen LogP) is 3.84. The van der Waals surface area contributed by atoms with E-state index in [1.54, 1.807) is 25.3 Å². The van der Waals surface area contributed by atoms with Gasteiger partial charge in [-0.1, -0.05) is 35.5 Å². The van der Waals surface area contributed by atoms with E-state index in [0.717, 1.165) is 11.1 Å². The number of aliphatic hydroxyl groups is 1. The lowest BCUT2D eigenvalue weighted by Crippen LogP contribution is -2.47. The molecule has 2 atom stereocenters. The van der Waals surface area contributed by atoms with Gasteiger partial charge in [0.15, 0.2) is 11.6 Å². The van der Waals surface area contributed by atoms with Crippen LogP contribution in [0.5, 0.6) is 5.75 Å². The van der Waals surface area contributed by atoms with Gasteiger partial charge >= 0.3 is 0 Å². The lowest BCUT2D eigenvalue weighted by Gasteiger charge is -2.30. The van der Waals surface area contributed by atoms with Crippen molar-refractivity contribution in [1.29, 1.82) is 0 Å². The van der Waals surface area contributed by atoms with Crippen molar-refractivity contribution in [2.75, 3.05) is 20.3 Å². The van der Waals surface area contributed by atoms with E-state index in [2.05, 4.69) is 21.9 Å². The molecule has 1 heterocycles. The zero-order valence-corrected chi connectivity index (χ0v) is 18.5. The van der Waals surface area contributed by atoms with Crippen LogP contribution in [0.2, 0.25) is 0 Å². The Morgan fingerprint density at radius 1 is 1.36 bits per heavy atom. The van der Waals surface area contributed by atoms with Crippen molar-refractivity contribution < 1.29 is 19.4 Å². The fourth-order valence-corrected chi connectivity index (χ4v) is 3.77. The van der Waals surface area contributed by atoms with Gasteiger partial charge in [0.2, 0.25) is 5.90 Å². The van der Waals surface area contributed by atoms with Crippen molar-refractivity contribution in [3.8, 4) is 5.75 Å². The van der Waals surface area contributed by atoms with Gasteiger partial charge < -0.3 is 19.9 Å². The second-order valence-corrected chi connectivity index (χ2v) is 7.45. The van der Waals surface area contributed by atoms with E-state index in [4.69, 9.17) is 25.1 Å². The van der Waals surface area contributed by atoms with E-state index in [0.29, 0.717) is 30.2 Å². The Labute approximate surface area is 192 Å². The number of nitrogens with zero attached hydrogens (tertiary/aromatic N) is 4. The Balaban J connectivity index is 2.01. The van der Waals surface area contributed by atoms with Crippen LogP contribution in [0, 0.1) is 0 Å². The van der Waals surface area contributed by atoms with E-state index < -0.39 is 11.6 Å². The highest BCUT2D eigenvalue weighted by atomic mass is 16.5. The first-order chi connectivity index (χ1) is 16.1. The number of rotatable bonds is 11. The van der Waals surface area contributed by atoms with E-state index in [1.807, 2.05) is 36.4 Å². The summed E-state index contributed by atoms with van der Waals surface area (Å²) in [6, 6.07) is 14.6. The third kappa shape index (κ3) is 5.16. The van der Waals surface area contributed by atoms with Crippen molar-refractivity contribution in [2.45, 2.75) is 31.0 Å². The van der Waals surface area contributed by atoms with Gasteiger partial charge in [-0.2, -0.15) is 0 Å². The molecule has 0 spiro atoms. The highest BCUT2D eigenvalue weighted by Gasteiger charge is 2.52. The minimum absolute atomic E-state index is 0.0656. The fraction of sp³-hybridized carbons (Fsp3) is 0.333. The number of carbonyl (C=O) groups is 1. The summed E-state index contributed by atoms with van der Waals surface area (Å²) in [5.74, 6) is 0.682. The molecule has 0 saturated carbocycles. The van der Waals surface area contributed by atoms with Gasteiger partial charge in [0.1, 0.15) is 5.75 Å². The molecule has 9 nitrogen and oxygen atoms in total. The van der Waals surface area contributed by atoms with Gasteiger partial charge in [-0.25, -0.2) is 4.99 Å². The standard InChI is InChI=1S/C24H27N5O4/c1-3-13-24(23(31)26-2)21(20-8-5-4-7-18(20)16-27-29-25)33-22(28-24)17-9-11-19(12-10-17)32-15-6-14-30/h3-5,7-12,21,30H,1,6,13-16H2,2H3,(H,26,31)/t21-,24-/m1/s1.